The molecule has 0 aliphatic heterocycles. The number of hydrogen-bond donors (Lipinski definition) is 2. The molecule has 0 aliphatic rings. The Morgan fingerprint density at radius 3 is 2.67 bits per heavy atom. The highest BCUT2D eigenvalue weighted by molar-refractivity contribution is 5.96. The molecule has 0 bridgehead atoms. The summed E-state index contributed by atoms with van der Waals surface area (Å²) in [6.07, 6.45) is 2.44. The third-order valence-electron chi connectivity index (χ3n) is 3.21. The molecule has 1 amide bonds. The molecule has 3 aromatic rings. The van der Waals surface area contributed by atoms with Crippen molar-refractivity contribution < 1.29 is 19.4 Å². The molecule has 2 heterocycles. The fraction of sp³-hybridized carbons (Fsp3) is 0.250. The molecule has 3 rings (SSSR count). The highest BCUT2D eigenvalue weighted by Crippen LogP contribution is 2.23. The Balaban J connectivity index is 2.09. The summed E-state index contributed by atoms with van der Waals surface area (Å²) < 4.78 is 6.90. The van der Waals surface area contributed by atoms with Crippen LogP contribution in [0.3, 0.4) is 0 Å². The second-order valence-corrected chi connectivity index (χ2v) is 6.24. The number of hydrogen-bond acceptors (Lipinski definition) is 5. The minimum absolute atomic E-state index is 0.146. The number of fused-ring (bicyclic) bond motifs is 3. The van der Waals surface area contributed by atoms with E-state index in [2.05, 4.69) is 15.3 Å². The molecular weight excluding hydrogens is 312 g/mol. The number of aromatic carboxylic acids is 1. The van der Waals surface area contributed by atoms with Crippen LogP contribution in [-0.4, -0.2) is 37.1 Å². The van der Waals surface area contributed by atoms with Crippen molar-refractivity contribution in [2.24, 2.45) is 0 Å². The van der Waals surface area contributed by atoms with Crippen molar-refractivity contribution in [2.75, 3.05) is 5.32 Å². The number of carbonyl (C=O) groups is 2. The minimum atomic E-state index is -1.03. The molecule has 8 heteroatoms. The first kappa shape index (κ1) is 15.7. The number of rotatable bonds is 2. The molecule has 0 aliphatic carbocycles. The van der Waals surface area contributed by atoms with Gasteiger partial charge in [0.05, 0.1) is 29.1 Å². The summed E-state index contributed by atoms with van der Waals surface area (Å²) in [5.41, 5.74) is 1.16. The molecule has 0 fully saturated rings. The van der Waals surface area contributed by atoms with Crippen LogP contribution in [0.2, 0.25) is 0 Å². The van der Waals surface area contributed by atoms with E-state index in [-0.39, 0.29) is 11.4 Å². The van der Waals surface area contributed by atoms with Gasteiger partial charge in [-0.05, 0) is 39.0 Å². The molecule has 8 nitrogen and oxygen atoms in total. The van der Waals surface area contributed by atoms with Gasteiger partial charge in [0.15, 0.2) is 5.82 Å². The zero-order valence-corrected chi connectivity index (χ0v) is 13.4. The standard InChI is InChI=1S/C16H16N4O4/c1-16(2,3)24-15(23)19-13-12-7-17-8-20(12)11-6-9(14(21)22)4-5-10(11)18-13/h4-8H,1-3H3,(H,21,22)(H,18,19,23). The normalized spacial score (nSPS) is 11.6. The largest absolute Gasteiger partial charge is 0.478 e. The Labute approximate surface area is 137 Å². The number of nitrogens with zero attached hydrogens (tertiary/aromatic N) is 3. The predicted octanol–water partition coefficient (Wildman–Crippen LogP) is 2.93. The van der Waals surface area contributed by atoms with E-state index in [1.807, 2.05) is 0 Å². The van der Waals surface area contributed by atoms with Crippen molar-refractivity contribution in [3.63, 3.8) is 0 Å². The first-order valence-corrected chi connectivity index (χ1v) is 7.24. The second-order valence-electron chi connectivity index (χ2n) is 6.24. The van der Waals surface area contributed by atoms with Crippen molar-refractivity contribution in [3.8, 4) is 0 Å². The molecule has 0 atom stereocenters. The molecule has 24 heavy (non-hydrogen) atoms. The summed E-state index contributed by atoms with van der Waals surface area (Å²) >= 11 is 0. The van der Waals surface area contributed by atoms with Gasteiger partial charge < -0.3 is 9.84 Å². The average molecular weight is 328 g/mol. The molecule has 0 saturated carbocycles. The fourth-order valence-corrected chi connectivity index (χ4v) is 2.28. The maximum Gasteiger partial charge on any atom is 0.413 e. The Kier molecular flexibility index (Phi) is 3.59. The number of carboxylic acid groups (broad SMARTS) is 1. The van der Waals surface area contributed by atoms with Gasteiger partial charge in [0.25, 0.3) is 0 Å². The highest BCUT2D eigenvalue weighted by atomic mass is 16.6. The average Bonchev–Trinajstić information content (AvgIpc) is 2.94. The number of anilines is 1. The third kappa shape index (κ3) is 2.98. The summed E-state index contributed by atoms with van der Waals surface area (Å²) in [4.78, 5) is 31.6. The van der Waals surface area contributed by atoms with Crippen molar-refractivity contribution in [1.82, 2.24) is 14.4 Å². The van der Waals surface area contributed by atoms with Crippen LogP contribution in [0.4, 0.5) is 10.6 Å². The lowest BCUT2D eigenvalue weighted by Crippen LogP contribution is -2.27. The third-order valence-corrected chi connectivity index (χ3v) is 3.21. The van der Waals surface area contributed by atoms with Crippen molar-refractivity contribution >= 4 is 34.4 Å². The first-order valence-electron chi connectivity index (χ1n) is 7.24. The molecule has 0 saturated heterocycles. The van der Waals surface area contributed by atoms with Gasteiger partial charge in [0.2, 0.25) is 0 Å². The summed E-state index contributed by atoms with van der Waals surface area (Å²) in [5, 5.41) is 11.7. The number of benzene rings is 1. The zero-order chi connectivity index (χ0) is 17.5. The van der Waals surface area contributed by atoms with E-state index in [1.165, 1.54) is 24.7 Å². The lowest BCUT2D eigenvalue weighted by atomic mass is 10.2. The number of carboxylic acids is 1. The number of amides is 1. The Morgan fingerprint density at radius 1 is 1.25 bits per heavy atom. The second kappa shape index (κ2) is 5.48. The highest BCUT2D eigenvalue weighted by Gasteiger charge is 2.19. The maximum atomic E-state index is 12.0. The molecule has 2 N–H and O–H groups in total. The monoisotopic (exact) mass is 328 g/mol. The van der Waals surface area contributed by atoms with E-state index >= 15 is 0 Å². The smallest absolute Gasteiger partial charge is 0.413 e. The van der Waals surface area contributed by atoms with Crippen LogP contribution in [0.25, 0.3) is 16.6 Å². The van der Waals surface area contributed by atoms with Gasteiger partial charge in [-0.3, -0.25) is 9.72 Å². The van der Waals surface area contributed by atoms with Gasteiger partial charge in [-0.25, -0.2) is 19.6 Å². The summed E-state index contributed by atoms with van der Waals surface area (Å²) in [6.45, 7) is 5.30. The first-order chi connectivity index (χ1) is 11.2. The number of aromatic nitrogens is 3. The molecular formula is C16H16N4O4. The Bertz CT molecular complexity index is 956. The molecule has 0 spiro atoms. The van der Waals surface area contributed by atoms with Crippen LogP contribution in [0.5, 0.6) is 0 Å². The van der Waals surface area contributed by atoms with E-state index in [0.29, 0.717) is 16.6 Å². The molecule has 2 aromatic heterocycles. The lowest BCUT2D eigenvalue weighted by molar-refractivity contribution is 0.0633. The number of carbonyl (C=O) groups excluding carboxylic acids is 1. The number of nitrogens with one attached hydrogen (secondary N) is 1. The van der Waals surface area contributed by atoms with Gasteiger partial charge in [0, 0.05) is 0 Å². The van der Waals surface area contributed by atoms with E-state index in [9.17, 15) is 9.59 Å². The van der Waals surface area contributed by atoms with Crippen LogP contribution in [0.15, 0.2) is 30.7 Å². The number of imidazole rings is 1. The predicted molar refractivity (Wildman–Crippen MR) is 87.3 cm³/mol. The van der Waals surface area contributed by atoms with E-state index in [4.69, 9.17) is 9.84 Å². The van der Waals surface area contributed by atoms with Crippen LogP contribution >= 0.6 is 0 Å². The van der Waals surface area contributed by atoms with Crippen LogP contribution in [0.1, 0.15) is 31.1 Å². The van der Waals surface area contributed by atoms with E-state index in [0.717, 1.165) is 0 Å². The fourth-order valence-electron chi connectivity index (χ4n) is 2.28. The van der Waals surface area contributed by atoms with Crippen LogP contribution in [-0.2, 0) is 4.74 Å². The van der Waals surface area contributed by atoms with Gasteiger partial charge in [-0.2, -0.15) is 0 Å². The molecule has 0 unspecified atom stereocenters. The molecule has 1 aromatic carbocycles. The Hall–Kier alpha value is -3.16. The maximum absolute atomic E-state index is 12.0. The topological polar surface area (TPSA) is 106 Å². The van der Waals surface area contributed by atoms with Crippen molar-refractivity contribution in [2.45, 2.75) is 26.4 Å². The zero-order valence-electron chi connectivity index (χ0n) is 13.4. The lowest BCUT2D eigenvalue weighted by Gasteiger charge is -2.19. The van der Waals surface area contributed by atoms with Gasteiger partial charge in [-0.15, -0.1) is 0 Å². The van der Waals surface area contributed by atoms with Crippen molar-refractivity contribution in [1.29, 1.82) is 0 Å². The SMILES string of the molecule is CC(C)(C)OC(=O)Nc1nc2ccc(C(=O)O)cc2n2cncc12. The molecule has 0 radical (unpaired) electrons. The van der Waals surface area contributed by atoms with Gasteiger partial charge >= 0.3 is 12.1 Å². The van der Waals surface area contributed by atoms with Gasteiger partial charge in [-0.1, -0.05) is 0 Å². The Morgan fingerprint density at radius 2 is 2.00 bits per heavy atom. The van der Waals surface area contributed by atoms with E-state index < -0.39 is 17.7 Å². The summed E-state index contributed by atoms with van der Waals surface area (Å²) in [7, 11) is 0. The van der Waals surface area contributed by atoms with Crippen LogP contribution in [0, 0.1) is 0 Å². The number of ether oxygens (including phenoxy) is 1. The minimum Gasteiger partial charge on any atom is -0.478 e. The van der Waals surface area contributed by atoms with Crippen molar-refractivity contribution in [3.05, 3.63) is 36.3 Å². The van der Waals surface area contributed by atoms with Crippen LogP contribution < -0.4 is 5.32 Å². The van der Waals surface area contributed by atoms with E-state index in [1.54, 1.807) is 31.2 Å². The van der Waals surface area contributed by atoms with Gasteiger partial charge in [0.1, 0.15) is 11.1 Å². The molecule has 124 valence electrons. The summed E-state index contributed by atoms with van der Waals surface area (Å²) in [5.74, 6) is -0.738. The summed E-state index contributed by atoms with van der Waals surface area (Å²) in [6, 6.07) is 4.55. The quantitative estimate of drug-likeness (QED) is 0.749.